The molecule has 1 aromatic rings. The molecule has 1 heterocycles. The molecule has 1 aliphatic heterocycles. The molecule has 2 rings (SSSR count). The molecule has 0 unspecified atom stereocenters. The molecule has 1 saturated heterocycles. The number of rotatable bonds is 12. The van der Waals surface area contributed by atoms with E-state index in [1.54, 1.807) is 26.1 Å². The molecule has 0 aliphatic carbocycles. The van der Waals surface area contributed by atoms with E-state index in [1.165, 1.54) is 0 Å². The molecule has 0 saturated carbocycles. The van der Waals surface area contributed by atoms with E-state index in [-0.39, 0.29) is 16.5 Å². The lowest BCUT2D eigenvalue weighted by Gasteiger charge is -2.28. The number of aryl methyl sites for hydroxylation is 1. The van der Waals surface area contributed by atoms with E-state index in [9.17, 15) is 8.42 Å². The molecule has 0 radical (unpaired) electrons. The van der Waals surface area contributed by atoms with Gasteiger partial charge in [0, 0.05) is 32.4 Å². The molecule has 0 bridgehead atoms. The number of nitrogens with one attached hydrogen (secondary N) is 3. The van der Waals surface area contributed by atoms with Gasteiger partial charge in [0.2, 0.25) is 0 Å². The summed E-state index contributed by atoms with van der Waals surface area (Å²) in [6.07, 6.45) is 4.81. The molecule has 0 amide bonds. The Balaban J connectivity index is 1.92. The number of hydrogen-bond acceptors (Lipinski definition) is 6. The highest BCUT2D eigenvalue weighted by Crippen LogP contribution is 2.17. The van der Waals surface area contributed by atoms with Gasteiger partial charge in [0.25, 0.3) is 10.0 Å². The van der Waals surface area contributed by atoms with Crippen LogP contribution in [0.5, 0.6) is 0 Å². The second-order valence-corrected chi connectivity index (χ2v) is 10.7. The van der Waals surface area contributed by atoms with Crippen LogP contribution in [0.15, 0.2) is 40.6 Å². The van der Waals surface area contributed by atoms with Gasteiger partial charge in [0.05, 0.1) is 22.4 Å². The SMILES string of the molecule is CN/C(C)=C(/NS(=O)(=O)c1ccc(CCCOC2CCN(C)CC2)cc1)C(=N)CC(C)C. The first-order valence-corrected chi connectivity index (χ1v) is 13.0. The van der Waals surface area contributed by atoms with Crippen LogP contribution in [-0.4, -0.2) is 58.9 Å². The molecule has 0 spiro atoms. The Morgan fingerprint density at radius 3 is 2.41 bits per heavy atom. The smallest absolute Gasteiger partial charge is 0.262 e. The van der Waals surface area contributed by atoms with Crippen molar-refractivity contribution >= 4 is 15.7 Å². The maximum Gasteiger partial charge on any atom is 0.262 e. The van der Waals surface area contributed by atoms with Crippen LogP contribution in [0.3, 0.4) is 0 Å². The average molecular weight is 465 g/mol. The fourth-order valence-corrected chi connectivity index (χ4v) is 4.86. The Kier molecular flexibility index (Phi) is 10.2. The number of ether oxygens (including phenoxy) is 1. The summed E-state index contributed by atoms with van der Waals surface area (Å²) >= 11 is 0. The van der Waals surface area contributed by atoms with Crippen molar-refractivity contribution in [1.29, 1.82) is 5.41 Å². The number of nitrogens with zero attached hydrogens (tertiary/aromatic N) is 1. The van der Waals surface area contributed by atoms with Gasteiger partial charge in [0.15, 0.2) is 0 Å². The van der Waals surface area contributed by atoms with Crippen LogP contribution >= 0.6 is 0 Å². The Bertz CT molecular complexity index is 871. The van der Waals surface area contributed by atoms with Crippen molar-refractivity contribution in [2.24, 2.45) is 5.92 Å². The Labute approximate surface area is 194 Å². The molecule has 180 valence electrons. The second-order valence-electron chi connectivity index (χ2n) is 9.05. The summed E-state index contributed by atoms with van der Waals surface area (Å²) in [6, 6.07) is 6.98. The van der Waals surface area contributed by atoms with Crippen molar-refractivity contribution in [3.63, 3.8) is 0 Å². The fraction of sp³-hybridized carbons (Fsp3) is 0.625. The van der Waals surface area contributed by atoms with Gasteiger partial charge in [-0.3, -0.25) is 4.72 Å². The number of allylic oxidation sites excluding steroid dienone is 2. The maximum atomic E-state index is 12.9. The average Bonchev–Trinajstić information content (AvgIpc) is 2.75. The minimum absolute atomic E-state index is 0.197. The number of hydrogen-bond donors (Lipinski definition) is 3. The standard InChI is InChI=1S/C24H40N4O3S/c1-18(2)17-23(25)24(19(3)26-4)27-32(29,30)22-10-8-20(9-11-22)7-6-16-31-21-12-14-28(5)15-13-21/h8-11,18,21,25-27H,6-7,12-17H2,1-5H3/b24-19+,25-23?. The number of benzene rings is 1. The van der Waals surface area contributed by atoms with Crippen molar-refractivity contribution in [3.05, 3.63) is 41.2 Å². The molecule has 1 fully saturated rings. The van der Waals surface area contributed by atoms with Crippen LogP contribution in [0.25, 0.3) is 0 Å². The van der Waals surface area contributed by atoms with Crippen molar-refractivity contribution in [1.82, 2.24) is 14.9 Å². The van der Waals surface area contributed by atoms with Crippen LogP contribution in [0.2, 0.25) is 0 Å². The van der Waals surface area contributed by atoms with Gasteiger partial charge in [-0.1, -0.05) is 26.0 Å². The Hall–Kier alpha value is -1.90. The summed E-state index contributed by atoms with van der Waals surface area (Å²) in [5, 5.41) is 11.3. The molecular weight excluding hydrogens is 424 g/mol. The zero-order valence-electron chi connectivity index (χ0n) is 20.2. The van der Waals surface area contributed by atoms with Gasteiger partial charge in [-0.25, -0.2) is 8.42 Å². The first kappa shape index (κ1) is 26.4. The molecule has 0 atom stereocenters. The van der Waals surface area contributed by atoms with Gasteiger partial charge in [0.1, 0.15) is 0 Å². The predicted molar refractivity (Wildman–Crippen MR) is 130 cm³/mol. The van der Waals surface area contributed by atoms with Crippen LogP contribution in [0.1, 0.15) is 52.0 Å². The van der Waals surface area contributed by atoms with Crippen LogP contribution in [-0.2, 0) is 21.2 Å². The molecule has 1 aliphatic rings. The summed E-state index contributed by atoms with van der Waals surface area (Å²) in [4.78, 5) is 2.53. The maximum absolute atomic E-state index is 12.9. The number of sulfonamides is 1. The van der Waals surface area contributed by atoms with E-state index in [0.717, 1.165) is 50.9 Å². The van der Waals surface area contributed by atoms with Gasteiger partial charge in [-0.15, -0.1) is 0 Å². The Morgan fingerprint density at radius 2 is 1.84 bits per heavy atom. The minimum atomic E-state index is -3.77. The van der Waals surface area contributed by atoms with Crippen molar-refractivity contribution in [2.75, 3.05) is 33.8 Å². The first-order valence-electron chi connectivity index (χ1n) is 11.5. The monoisotopic (exact) mass is 464 g/mol. The van der Waals surface area contributed by atoms with Crippen molar-refractivity contribution in [3.8, 4) is 0 Å². The highest BCUT2D eigenvalue weighted by Gasteiger charge is 2.20. The summed E-state index contributed by atoms with van der Waals surface area (Å²) in [6.45, 7) is 8.70. The molecule has 32 heavy (non-hydrogen) atoms. The lowest BCUT2D eigenvalue weighted by molar-refractivity contribution is 0.0116. The van der Waals surface area contributed by atoms with Gasteiger partial charge in [-0.05, 0) is 69.7 Å². The third kappa shape index (κ3) is 8.22. The molecule has 3 N–H and O–H groups in total. The highest BCUT2D eigenvalue weighted by molar-refractivity contribution is 7.89. The van der Waals surface area contributed by atoms with E-state index >= 15 is 0 Å². The van der Waals surface area contributed by atoms with E-state index in [1.807, 2.05) is 26.0 Å². The minimum Gasteiger partial charge on any atom is -0.390 e. The van der Waals surface area contributed by atoms with E-state index in [2.05, 4.69) is 22.0 Å². The number of piperidine rings is 1. The quantitative estimate of drug-likeness (QED) is 0.325. The van der Waals surface area contributed by atoms with Crippen LogP contribution < -0.4 is 10.0 Å². The van der Waals surface area contributed by atoms with E-state index in [4.69, 9.17) is 10.1 Å². The van der Waals surface area contributed by atoms with Gasteiger partial charge >= 0.3 is 0 Å². The molecule has 8 heteroatoms. The third-order valence-corrected chi connectivity index (χ3v) is 7.13. The van der Waals surface area contributed by atoms with Gasteiger partial charge in [-0.2, -0.15) is 0 Å². The zero-order valence-corrected chi connectivity index (χ0v) is 21.0. The van der Waals surface area contributed by atoms with E-state index in [0.29, 0.717) is 23.9 Å². The molecule has 1 aromatic carbocycles. The zero-order chi connectivity index (χ0) is 23.7. The second kappa shape index (κ2) is 12.4. The molecular formula is C24H40N4O3S. The van der Waals surface area contributed by atoms with E-state index < -0.39 is 10.0 Å². The van der Waals surface area contributed by atoms with Crippen LogP contribution in [0.4, 0.5) is 0 Å². The largest absolute Gasteiger partial charge is 0.390 e. The summed E-state index contributed by atoms with van der Waals surface area (Å²) < 4.78 is 34.5. The highest BCUT2D eigenvalue weighted by atomic mass is 32.2. The predicted octanol–water partition coefficient (Wildman–Crippen LogP) is 3.53. The molecule has 0 aromatic heterocycles. The lowest BCUT2D eigenvalue weighted by Crippen LogP contribution is -2.34. The summed E-state index contributed by atoms with van der Waals surface area (Å²) in [5.74, 6) is 0.259. The lowest BCUT2D eigenvalue weighted by atomic mass is 10.0. The molecule has 7 nitrogen and oxygen atoms in total. The fourth-order valence-electron chi connectivity index (χ4n) is 3.71. The van der Waals surface area contributed by atoms with Crippen molar-refractivity contribution in [2.45, 2.75) is 63.9 Å². The summed E-state index contributed by atoms with van der Waals surface area (Å²) in [5.41, 5.74) is 2.30. The van der Waals surface area contributed by atoms with Crippen molar-refractivity contribution < 1.29 is 13.2 Å². The topological polar surface area (TPSA) is 94.5 Å². The normalized spacial score (nSPS) is 16.7. The third-order valence-electron chi connectivity index (χ3n) is 5.76. The van der Waals surface area contributed by atoms with Crippen LogP contribution in [0, 0.1) is 11.3 Å². The first-order chi connectivity index (χ1) is 15.1. The van der Waals surface area contributed by atoms with Gasteiger partial charge < -0.3 is 20.4 Å². The summed E-state index contributed by atoms with van der Waals surface area (Å²) in [7, 11) is 0.0892. The number of likely N-dealkylation sites (tertiary alicyclic amines) is 1. The Morgan fingerprint density at radius 1 is 1.22 bits per heavy atom.